The first-order chi connectivity index (χ1) is 9.72. The first kappa shape index (κ1) is 14.8. The number of rotatable bonds is 3. The van der Waals surface area contributed by atoms with Gasteiger partial charge in [-0.05, 0) is 25.3 Å². The van der Waals surface area contributed by atoms with Crippen LogP contribution >= 0.6 is 0 Å². The molecule has 5 heteroatoms. The van der Waals surface area contributed by atoms with E-state index in [9.17, 15) is 0 Å². The van der Waals surface area contributed by atoms with Crippen LogP contribution in [0.3, 0.4) is 0 Å². The van der Waals surface area contributed by atoms with Gasteiger partial charge in [-0.3, -0.25) is 15.3 Å². The first-order valence-corrected chi connectivity index (χ1v) is 7.21. The Morgan fingerprint density at radius 3 is 2.75 bits per heavy atom. The Bertz CT molecular complexity index is 431. The van der Waals surface area contributed by atoms with E-state index in [1.165, 1.54) is 5.56 Å². The average Bonchev–Trinajstić information content (AvgIpc) is 2.48. The molecule has 5 nitrogen and oxygen atoms in total. The van der Waals surface area contributed by atoms with Crippen molar-refractivity contribution < 1.29 is 0 Å². The molecule has 0 amide bonds. The molecule has 1 aromatic carbocycles. The lowest BCUT2D eigenvalue weighted by molar-refractivity contribution is 0.134. The molecule has 1 aromatic rings. The fraction of sp³-hybridized carbons (Fsp3) is 0.533. The zero-order chi connectivity index (χ0) is 14.4. The summed E-state index contributed by atoms with van der Waals surface area (Å²) in [4.78, 5) is 6.60. The molecule has 4 N–H and O–H groups in total. The van der Waals surface area contributed by atoms with Crippen molar-refractivity contribution in [1.29, 1.82) is 0 Å². The second-order valence-electron chi connectivity index (χ2n) is 5.39. The van der Waals surface area contributed by atoms with Crippen molar-refractivity contribution in [2.24, 2.45) is 10.8 Å². The summed E-state index contributed by atoms with van der Waals surface area (Å²) in [6.07, 6.45) is 2.21. The van der Waals surface area contributed by atoms with E-state index in [2.05, 4.69) is 57.9 Å². The van der Waals surface area contributed by atoms with Gasteiger partial charge in [0.25, 0.3) is 0 Å². The molecule has 0 saturated carbocycles. The van der Waals surface area contributed by atoms with Crippen molar-refractivity contribution >= 4 is 5.96 Å². The van der Waals surface area contributed by atoms with Gasteiger partial charge in [-0.2, -0.15) is 0 Å². The van der Waals surface area contributed by atoms with E-state index in [-0.39, 0.29) is 0 Å². The Balaban J connectivity index is 1.86. The van der Waals surface area contributed by atoms with Crippen LogP contribution in [0.5, 0.6) is 0 Å². The van der Waals surface area contributed by atoms with Crippen molar-refractivity contribution in [3.8, 4) is 0 Å². The van der Waals surface area contributed by atoms with Crippen LogP contribution in [0, 0.1) is 0 Å². The fourth-order valence-electron chi connectivity index (χ4n) is 2.77. The zero-order valence-corrected chi connectivity index (χ0v) is 12.3. The molecule has 0 radical (unpaired) electrons. The van der Waals surface area contributed by atoms with E-state index in [1.54, 1.807) is 7.05 Å². The highest BCUT2D eigenvalue weighted by molar-refractivity contribution is 5.79. The summed E-state index contributed by atoms with van der Waals surface area (Å²) < 4.78 is 0. The fourth-order valence-corrected chi connectivity index (χ4v) is 2.77. The number of guanidine groups is 1. The Hall–Kier alpha value is -1.59. The van der Waals surface area contributed by atoms with Crippen LogP contribution in [0.25, 0.3) is 0 Å². The molecule has 2 atom stereocenters. The molecule has 0 spiro atoms. The van der Waals surface area contributed by atoms with Gasteiger partial charge in [0.05, 0.1) is 0 Å². The van der Waals surface area contributed by atoms with Crippen LogP contribution in [-0.2, 0) is 6.54 Å². The smallest absolute Gasteiger partial charge is 0.205 e. The second kappa shape index (κ2) is 7.26. The minimum absolute atomic E-state index is 0.437. The highest BCUT2D eigenvalue weighted by Crippen LogP contribution is 2.19. The lowest BCUT2D eigenvalue weighted by atomic mass is 9.97. The molecule has 2 unspecified atom stereocenters. The topological polar surface area (TPSA) is 65.7 Å². The van der Waals surface area contributed by atoms with Crippen molar-refractivity contribution in [2.45, 2.75) is 38.4 Å². The number of benzene rings is 1. The number of piperidine rings is 1. The Morgan fingerprint density at radius 1 is 1.40 bits per heavy atom. The molecule has 0 aromatic heterocycles. The average molecular weight is 275 g/mol. The van der Waals surface area contributed by atoms with Gasteiger partial charge in [0.1, 0.15) is 0 Å². The highest BCUT2D eigenvalue weighted by Gasteiger charge is 2.25. The predicted octanol–water partition coefficient (Wildman–Crippen LogP) is 1.08. The molecule has 0 aliphatic carbocycles. The molecule has 0 bridgehead atoms. The van der Waals surface area contributed by atoms with Gasteiger partial charge in [-0.1, -0.05) is 30.3 Å². The highest BCUT2D eigenvalue weighted by atomic mass is 15.3. The molecule has 1 aliphatic rings. The van der Waals surface area contributed by atoms with Gasteiger partial charge in [0.2, 0.25) is 5.96 Å². The maximum atomic E-state index is 5.41. The molecule has 110 valence electrons. The predicted molar refractivity (Wildman–Crippen MR) is 83.2 cm³/mol. The Labute approximate surface area is 121 Å². The molecule has 1 saturated heterocycles. The van der Waals surface area contributed by atoms with Gasteiger partial charge < -0.3 is 5.32 Å². The van der Waals surface area contributed by atoms with E-state index in [0.29, 0.717) is 18.0 Å². The molecule has 1 fully saturated rings. The van der Waals surface area contributed by atoms with E-state index >= 15 is 0 Å². The van der Waals surface area contributed by atoms with E-state index in [0.717, 1.165) is 25.9 Å². The summed E-state index contributed by atoms with van der Waals surface area (Å²) >= 11 is 0. The number of hydrogen-bond donors (Lipinski definition) is 3. The van der Waals surface area contributed by atoms with Crippen LogP contribution in [0.15, 0.2) is 35.3 Å². The maximum Gasteiger partial charge on any atom is 0.205 e. The van der Waals surface area contributed by atoms with Crippen LogP contribution in [-0.4, -0.2) is 36.5 Å². The normalized spacial score (nSPS) is 24.4. The monoisotopic (exact) mass is 275 g/mol. The lowest BCUT2D eigenvalue weighted by Crippen LogP contribution is -2.52. The van der Waals surface area contributed by atoms with E-state index in [4.69, 9.17) is 5.84 Å². The SMILES string of the molecule is CN=C(NN)NC1CCN(Cc2ccccc2)C(C)C1. The number of nitrogens with zero attached hydrogens (tertiary/aromatic N) is 2. The van der Waals surface area contributed by atoms with Crippen LogP contribution < -0.4 is 16.6 Å². The number of likely N-dealkylation sites (tertiary alicyclic amines) is 1. The summed E-state index contributed by atoms with van der Waals surface area (Å²) in [6, 6.07) is 11.6. The molecule has 1 aliphatic heterocycles. The van der Waals surface area contributed by atoms with Crippen LogP contribution in [0.4, 0.5) is 0 Å². The van der Waals surface area contributed by atoms with Gasteiger partial charge in [-0.25, -0.2) is 5.84 Å². The second-order valence-corrected chi connectivity index (χ2v) is 5.39. The number of nitrogens with one attached hydrogen (secondary N) is 2. The molecule has 1 heterocycles. The standard InChI is InChI=1S/C15H25N5/c1-12-10-14(18-15(17-2)19-16)8-9-20(12)11-13-6-4-3-5-7-13/h3-7,12,14H,8-11,16H2,1-2H3,(H2,17,18,19). The quantitative estimate of drug-likeness (QED) is 0.334. The molecule has 20 heavy (non-hydrogen) atoms. The summed E-state index contributed by atoms with van der Waals surface area (Å²) in [5.41, 5.74) is 3.97. The number of hydrogen-bond acceptors (Lipinski definition) is 3. The summed E-state index contributed by atoms with van der Waals surface area (Å²) in [5, 5.41) is 3.36. The summed E-state index contributed by atoms with van der Waals surface area (Å²) in [5.74, 6) is 6.08. The third-order valence-electron chi connectivity index (χ3n) is 3.94. The van der Waals surface area contributed by atoms with Crippen LogP contribution in [0.1, 0.15) is 25.3 Å². The number of hydrazine groups is 1. The van der Waals surface area contributed by atoms with E-state index in [1.807, 2.05) is 0 Å². The molecule has 2 rings (SSSR count). The third-order valence-corrected chi connectivity index (χ3v) is 3.94. The number of aliphatic imine (C=N–C) groups is 1. The van der Waals surface area contributed by atoms with Crippen LogP contribution in [0.2, 0.25) is 0 Å². The zero-order valence-electron chi connectivity index (χ0n) is 12.3. The van der Waals surface area contributed by atoms with Crippen molar-refractivity contribution in [3.05, 3.63) is 35.9 Å². The lowest BCUT2D eigenvalue weighted by Gasteiger charge is -2.38. The third kappa shape index (κ3) is 3.95. The Kier molecular flexibility index (Phi) is 5.38. The minimum Gasteiger partial charge on any atom is -0.352 e. The van der Waals surface area contributed by atoms with Crippen molar-refractivity contribution in [2.75, 3.05) is 13.6 Å². The Morgan fingerprint density at radius 2 is 2.15 bits per heavy atom. The molecular formula is C15H25N5. The first-order valence-electron chi connectivity index (χ1n) is 7.21. The molecular weight excluding hydrogens is 250 g/mol. The van der Waals surface area contributed by atoms with Gasteiger partial charge in [-0.15, -0.1) is 0 Å². The largest absolute Gasteiger partial charge is 0.352 e. The summed E-state index contributed by atoms with van der Waals surface area (Å²) in [7, 11) is 1.73. The minimum atomic E-state index is 0.437. The maximum absolute atomic E-state index is 5.41. The van der Waals surface area contributed by atoms with Crippen molar-refractivity contribution in [1.82, 2.24) is 15.6 Å². The van der Waals surface area contributed by atoms with E-state index < -0.39 is 0 Å². The van der Waals surface area contributed by atoms with Gasteiger partial charge in [0.15, 0.2) is 0 Å². The number of nitrogens with two attached hydrogens (primary N) is 1. The van der Waals surface area contributed by atoms with Crippen molar-refractivity contribution in [3.63, 3.8) is 0 Å². The summed E-state index contributed by atoms with van der Waals surface area (Å²) in [6.45, 7) is 4.41. The van der Waals surface area contributed by atoms with Gasteiger partial charge >= 0.3 is 0 Å². The van der Waals surface area contributed by atoms with Gasteiger partial charge in [0, 0.05) is 32.2 Å².